The molecule has 2 rings (SSSR count). The van der Waals surface area contributed by atoms with Gasteiger partial charge in [0.1, 0.15) is 5.78 Å². The first-order valence-electron chi connectivity index (χ1n) is 6.21. The number of Topliss-reactive ketones (excluding diaryl/α,β-unsaturated/α-hetero) is 1. The van der Waals surface area contributed by atoms with E-state index in [0.717, 1.165) is 5.56 Å². The molecule has 0 unspecified atom stereocenters. The number of piperidine rings is 1. The van der Waals surface area contributed by atoms with Crippen molar-refractivity contribution < 1.29 is 14.7 Å². The lowest BCUT2D eigenvalue weighted by Crippen LogP contribution is -2.48. The lowest BCUT2D eigenvalue weighted by atomic mass is 9.70. The molecule has 5 heteroatoms. The van der Waals surface area contributed by atoms with Gasteiger partial charge in [-0.05, 0) is 37.5 Å². The van der Waals surface area contributed by atoms with Crippen molar-refractivity contribution >= 4 is 23.5 Å². The molecule has 1 aromatic rings. The second-order valence-corrected chi connectivity index (χ2v) is 5.35. The van der Waals surface area contributed by atoms with Crippen LogP contribution >= 0.6 is 11.6 Å². The van der Waals surface area contributed by atoms with E-state index < -0.39 is 11.5 Å². The molecule has 0 aliphatic carbocycles. The van der Waals surface area contributed by atoms with Gasteiger partial charge in [-0.2, -0.15) is 0 Å². The number of carbonyl (C=O) groups excluding carboxylic acids is 1. The molecule has 1 aromatic carbocycles. The van der Waals surface area contributed by atoms with Crippen LogP contribution in [0.1, 0.15) is 25.3 Å². The summed E-state index contributed by atoms with van der Waals surface area (Å²) in [5, 5.41) is 9.61. The average Bonchev–Trinajstić information content (AvgIpc) is 2.39. The van der Waals surface area contributed by atoms with Crippen molar-refractivity contribution in [3.8, 4) is 0 Å². The predicted octanol–water partition coefficient (Wildman–Crippen LogP) is 2.94. The van der Waals surface area contributed by atoms with Crippen molar-refractivity contribution in [2.75, 3.05) is 13.1 Å². The molecule has 1 heterocycles. The lowest BCUT2D eigenvalue weighted by molar-refractivity contribution is -0.124. The highest BCUT2D eigenvalue weighted by Crippen LogP contribution is 2.37. The number of ketones is 1. The number of benzene rings is 1. The number of hydrogen-bond donors (Lipinski definition) is 1. The van der Waals surface area contributed by atoms with Gasteiger partial charge in [0.2, 0.25) is 0 Å². The summed E-state index contributed by atoms with van der Waals surface area (Å²) in [5.41, 5.74) is 0.353. The monoisotopic (exact) mass is 281 g/mol. The molecule has 1 amide bonds. The summed E-state index contributed by atoms with van der Waals surface area (Å²) in [6, 6.07) is 7.26. The first-order valence-corrected chi connectivity index (χ1v) is 6.58. The fourth-order valence-electron chi connectivity index (χ4n) is 2.69. The molecule has 19 heavy (non-hydrogen) atoms. The Labute approximate surface area is 117 Å². The highest BCUT2D eigenvalue weighted by atomic mass is 35.5. The summed E-state index contributed by atoms with van der Waals surface area (Å²) >= 11 is 5.87. The van der Waals surface area contributed by atoms with Gasteiger partial charge in [-0.3, -0.25) is 4.79 Å². The van der Waals surface area contributed by atoms with Crippen LogP contribution in [0.25, 0.3) is 0 Å². The fourth-order valence-corrected chi connectivity index (χ4v) is 2.82. The first-order chi connectivity index (χ1) is 8.95. The van der Waals surface area contributed by atoms with Crippen molar-refractivity contribution in [2.24, 2.45) is 0 Å². The molecule has 0 bridgehead atoms. The number of amides is 1. The second kappa shape index (κ2) is 5.21. The highest BCUT2D eigenvalue weighted by molar-refractivity contribution is 6.30. The normalized spacial score (nSPS) is 18.1. The molecule has 1 aliphatic heterocycles. The van der Waals surface area contributed by atoms with Gasteiger partial charge in [-0.1, -0.05) is 23.7 Å². The van der Waals surface area contributed by atoms with Crippen LogP contribution in [-0.4, -0.2) is 35.0 Å². The van der Waals surface area contributed by atoms with Gasteiger partial charge < -0.3 is 10.0 Å². The number of nitrogens with zero attached hydrogens (tertiary/aromatic N) is 1. The molecule has 1 fully saturated rings. The van der Waals surface area contributed by atoms with E-state index in [4.69, 9.17) is 16.7 Å². The summed E-state index contributed by atoms with van der Waals surface area (Å²) in [6.45, 7) is 2.35. The zero-order valence-electron chi connectivity index (χ0n) is 10.7. The second-order valence-electron chi connectivity index (χ2n) is 4.91. The van der Waals surface area contributed by atoms with Gasteiger partial charge in [-0.15, -0.1) is 0 Å². The topological polar surface area (TPSA) is 57.6 Å². The van der Waals surface area contributed by atoms with Gasteiger partial charge >= 0.3 is 6.09 Å². The average molecular weight is 282 g/mol. The minimum Gasteiger partial charge on any atom is -0.465 e. The summed E-state index contributed by atoms with van der Waals surface area (Å²) in [5.74, 6) is 0.0832. The predicted molar refractivity (Wildman–Crippen MR) is 72.6 cm³/mol. The Morgan fingerprint density at radius 2 is 1.74 bits per heavy atom. The third-order valence-corrected chi connectivity index (χ3v) is 4.21. The summed E-state index contributed by atoms with van der Waals surface area (Å²) in [7, 11) is 0. The number of hydrogen-bond acceptors (Lipinski definition) is 2. The summed E-state index contributed by atoms with van der Waals surface area (Å²) in [4.78, 5) is 24.4. The first kappa shape index (κ1) is 13.9. The summed E-state index contributed by atoms with van der Waals surface area (Å²) < 4.78 is 0. The maximum Gasteiger partial charge on any atom is 0.407 e. The van der Waals surface area contributed by atoms with Crippen molar-refractivity contribution in [3.63, 3.8) is 0 Å². The zero-order chi connectivity index (χ0) is 14.0. The van der Waals surface area contributed by atoms with E-state index >= 15 is 0 Å². The minimum absolute atomic E-state index is 0.0832. The Hall–Kier alpha value is -1.55. The Balaban J connectivity index is 2.28. The van der Waals surface area contributed by atoms with Gasteiger partial charge in [0, 0.05) is 18.1 Å². The largest absolute Gasteiger partial charge is 0.465 e. The van der Waals surface area contributed by atoms with Crippen molar-refractivity contribution in [2.45, 2.75) is 25.2 Å². The van der Waals surface area contributed by atoms with Gasteiger partial charge in [0.05, 0.1) is 5.41 Å². The van der Waals surface area contributed by atoms with E-state index in [1.807, 2.05) is 12.1 Å². The maximum absolute atomic E-state index is 12.1. The Bertz CT molecular complexity index is 490. The number of carboxylic acid groups (broad SMARTS) is 1. The third kappa shape index (κ3) is 2.59. The van der Waals surface area contributed by atoms with E-state index in [1.54, 1.807) is 19.1 Å². The minimum atomic E-state index is -0.923. The van der Waals surface area contributed by atoms with E-state index in [1.165, 1.54) is 4.90 Å². The van der Waals surface area contributed by atoms with E-state index in [-0.39, 0.29) is 5.78 Å². The van der Waals surface area contributed by atoms with Crippen LogP contribution in [0, 0.1) is 0 Å². The fraction of sp³-hybridized carbons (Fsp3) is 0.429. The van der Waals surface area contributed by atoms with Gasteiger partial charge in [0.25, 0.3) is 0 Å². The molecule has 0 saturated carbocycles. The van der Waals surface area contributed by atoms with Crippen molar-refractivity contribution in [3.05, 3.63) is 34.9 Å². The number of rotatable bonds is 2. The van der Waals surface area contributed by atoms with Gasteiger partial charge in [0.15, 0.2) is 0 Å². The molecule has 0 spiro atoms. The molecular formula is C14H16ClNO3. The SMILES string of the molecule is CC(=O)C1(c2ccc(Cl)cc2)CCN(C(=O)O)CC1. The Morgan fingerprint density at radius 1 is 1.21 bits per heavy atom. The standard InChI is InChI=1S/C14H16ClNO3/c1-10(17)14(11-2-4-12(15)5-3-11)6-8-16(9-7-14)13(18)19/h2-5H,6-9H2,1H3,(H,18,19). The van der Waals surface area contributed by atoms with Crippen LogP contribution in [0.4, 0.5) is 4.79 Å². The van der Waals surface area contributed by atoms with Crippen molar-refractivity contribution in [1.29, 1.82) is 0 Å². The third-order valence-electron chi connectivity index (χ3n) is 3.96. The van der Waals surface area contributed by atoms with Crippen LogP contribution in [0.5, 0.6) is 0 Å². The highest BCUT2D eigenvalue weighted by Gasteiger charge is 2.41. The lowest BCUT2D eigenvalue weighted by Gasteiger charge is -2.39. The smallest absolute Gasteiger partial charge is 0.407 e. The molecule has 0 atom stereocenters. The quantitative estimate of drug-likeness (QED) is 0.907. The van der Waals surface area contributed by atoms with Crippen LogP contribution in [0.15, 0.2) is 24.3 Å². The molecule has 1 saturated heterocycles. The van der Waals surface area contributed by atoms with E-state index in [9.17, 15) is 9.59 Å². The van der Waals surface area contributed by atoms with Gasteiger partial charge in [-0.25, -0.2) is 4.79 Å². The van der Waals surface area contributed by atoms with Crippen LogP contribution in [-0.2, 0) is 10.2 Å². The number of likely N-dealkylation sites (tertiary alicyclic amines) is 1. The Kier molecular flexibility index (Phi) is 3.80. The molecule has 1 N–H and O–H groups in total. The van der Waals surface area contributed by atoms with Crippen LogP contribution < -0.4 is 0 Å². The molecule has 102 valence electrons. The van der Waals surface area contributed by atoms with Crippen molar-refractivity contribution in [1.82, 2.24) is 4.90 Å². The Morgan fingerprint density at radius 3 is 2.16 bits per heavy atom. The maximum atomic E-state index is 12.1. The molecule has 0 radical (unpaired) electrons. The zero-order valence-corrected chi connectivity index (χ0v) is 11.5. The van der Waals surface area contributed by atoms with Crippen LogP contribution in [0.3, 0.4) is 0 Å². The molecule has 4 nitrogen and oxygen atoms in total. The molecule has 1 aliphatic rings. The van der Waals surface area contributed by atoms with Crippen LogP contribution in [0.2, 0.25) is 5.02 Å². The number of carbonyl (C=O) groups is 2. The number of halogens is 1. The molecular weight excluding hydrogens is 266 g/mol. The molecule has 0 aromatic heterocycles. The summed E-state index contributed by atoms with van der Waals surface area (Å²) in [6.07, 6.45) is 0.125. The van der Waals surface area contributed by atoms with E-state index in [2.05, 4.69) is 0 Å². The van der Waals surface area contributed by atoms with E-state index in [0.29, 0.717) is 31.0 Å².